The molecule has 0 aliphatic carbocycles. The summed E-state index contributed by atoms with van der Waals surface area (Å²) in [6, 6.07) is 0. The fourth-order valence-electron chi connectivity index (χ4n) is 0.444. The van der Waals surface area contributed by atoms with Crippen LogP contribution in [0.15, 0.2) is 11.4 Å². The molecule has 0 spiro atoms. The van der Waals surface area contributed by atoms with E-state index < -0.39 is 0 Å². The Balaban J connectivity index is 3.34. The largest absolute Gasteiger partial charge is 0.106 e. The zero-order valence-electron chi connectivity index (χ0n) is 6.31. The molecule has 0 bridgehead atoms. The molecule has 0 aliphatic rings. The standard InChI is InChI=1S/C6H16Si2/c1-7(2)5-6-8(3)4/h5-8H,1-4H3. The summed E-state index contributed by atoms with van der Waals surface area (Å²) in [5.41, 5.74) is 4.88. The molecule has 0 aromatic rings. The van der Waals surface area contributed by atoms with Crippen LogP contribution in [-0.2, 0) is 0 Å². The molecule has 0 saturated heterocycles. The van der Waals surface area contributed by atoms with Gasteiger partial charge < -0.3 is 0 Å². The third-order valence-electron chi connectivity index (χ3n) is 0.881. The fourth-order valence-corrected chi connectivity index (χ4v) is 4.00. The van der Waals surface area contributed by atoms with Crippen molar-refractivity contribution in [3.63, 3.8) is 0 Å². The van der Waals surface area contributed by atoms with E-state index in [9.17, 15) is 0 Å². The second kappa shape index (κ2) is 4.09. The Morgan fingerprint density at radius 2 is 1.00 bits per heavy atom. The van der Waals surface area contributed by atoms with Gasteiger partial charge >= 0.3 is 0 Å². The first-order valence-corrected chi connectivity index (χ1v) is 9.26. The first-order valence-electron chi connectivity index (χ1n) is 3.31. The van der Waals surface area contributed by atoms with Crippen LogP contribution in [0.4, 0.5) is 0 Å². The van der Waals surface area contributed by atoms with Crippen LogP contribution in [0.2, 0.25) is 26.2 Å². The normalized spacial score (nSPS) is 12.2. The molecule has 0 saturated carbocycles. The van der Waals surface area contributed by atoms with E-state index in [0.29, 0.717) is 0 Å². The van der Waals surface area contributed by atoms with Crippen molar-refractivity contribution in [2.24, 2.45) is 0 Å². The third kappa shape index (κ3) is 6.17. The molecule has 0 heterocycles. The molecule has 2 heteroatoms. The van der Waals surface area contributed by atoms with Crippen LogP contribution in [0.25, 0.3) is 0 Å². The lowest BCUT2D eigenvalue weighted by molar-refractivity contribution is 1.94. The van der Waals surface area contributed by atoms with Crippen LogP contribution in [0, 0.1) is 0 Å². The van der Waals surface area contributed by atoms with Crippen LogP contribution in [0.1, 0.15) is 0 Å². The molecule has 0 aromatic carbocycles. The maximum Gasteiger partial charge on any atom is 0.0544 e. The van der Waals surface area contributed by atoms with Crippen molar-refractivity contribution in [1.82, 2.24) is 0 Å². The molecule has 0 aromatic heterocycles. The van der Waals surface area contributed by atoms with Crippen molar-refractivity contribution in [2.45, 2.75) is 26.2 Å². The van der Waals surface area contributed by atoms with E-state index in [1.165, 1.54) is 0 Å². The van der Waals surface area contributed by atoms with Gasteiger partial charge in [-0.1, -0.05) is 26.2 Å². The first kappa shape index (κ1) is 8.17. The first-order chi connectivity index (χ1) is 3.63. The quantitative estimate of drug-likeness (QED) is 0.516. The Morgan fingerprint density at radius 1 is 0.750 bits per heavy atom. The summed E-state index contributed by atoms with van der Waals surface area (Å²) in [7, 11) is -0.745. The van der Waals surface area contributed by atoms with E-state index in [1.54, 1.807) is 0 Å². The molecule has 0 atom stereocenters. The summed E-state index contributed by atoms with van der Waals surface area (Å²) < 4.78 is 0. The minimum Gasteiger partial charge on any atom is -0.106 e. The van der Waals surface area contributed by atoms with Gasteiger partial charge in [-0.3, -0.25) is 0 Å². The monoisotopic (exact) mass is 144 g/mol. The van der Waals surface area contributed by atoms with E-state index in [1.807, 2.05) is 0 Å². The fraction of sp³-hybridized carbons (Fsp3) is 0.667. The summed E-state index contributed by atoms with van der Waals surface area (Å²) in [4.78, 5) is 0. The third-order valence-corrected chi connectivity index (χ3v) is 3.31. The second-order valence-corrected chi connectivity index (χ2v) is 8.62. The molecular formula is C6H16Si2. The van der Waals surface area contributed by atoms with Gasteiger partial charge in [0.2, 0.25) is 0 Å². The van der Waals surface area contributed by atoms with E-state index in [-0.39, 0.29) is 17.6 Å². The lowest BCUT2D eigenvalue weighted by atomic mass is 11.2. The summed E-state index contributed by atoms with van der Waals surface area (Å²) in [6.07, 6.45) is 0. The van der Waals surface area contributed by atoms with Gasteiger partial charge in [-0.05, 0) is 0 Å². The van der Waals surface area contributed by atoms with Crippen LogP contribution >= 0.6 is 0 Å². The average Bonchev–Trinajstić information content (AvgIpc) is 1.61. The van der Waals surface area contributed by atoms with Crippen molar-refractivity contribution in [3.8, 4) is 0 Å². The Kier molecular flexibility index (Phi) is 4.18. The van der Waals surface area contributed by atoms with Crippen LogP contribution in [0.5, 0.6) is 0 Å². The molecule has 8 heavy (non-hydrogen) atoms. The SMILES string of the molecule is C[SiH](C)C=C[SiH](C)C. The van der Waals surface area contributed by atoms with Crippen molar-refractivity contribution in [3.05, 3.63) is 11.4 Å². The Bertz CT molecular complexity index is 64.6. The molecule has 0 amide bonds. The van der Waals surface area contributed by atoms with E-state index in [4.69, 9.17) is 0 Å². The minimum atomic E-state index is -0.372. The van der Waals surface area contributed by atoms with Gasteiger partial charge in [-0.2, -0.15) is 0 Å². The van der Waals surface area contributed by atoms with Crippen LogP contribution in [-0.4, -0.2) is 17.6 Å². The summed E-state index contributed by atoms with van der Waals surface area (Å²) in [5, 5.41) is 0. The summed E-state index contributed by atoms with van der Waals surface area (Å²) in [6.45, 7) is 9.42. The Labute approximate surface area is 55.8 Å². The molecular weight excluding hydrogens is 128 g/mol. The lowest BCUT2D eigenvalue weighted by Crippen LogP contribution is -1.99. The van der Waals surface area contributed by atoms with Gasteiger partial charge in [0, 0.05) is 0 Å². The van der Waals surface area contributed by atoms with Gasteiger partial charge in [0.15, 0.2) is 0 Å². The highest BCUT2D eigenvalue weighted by Crippen LogP contribution is 1.86. The molecule has 0 unspecified atom stereocenters. The van der Waals surface area contributed by atoms with Gasteiger partial charge in [0.25, 0.3) is 0 Å². The molecule has 48 valence electrons. The predicted molar refractivity (Wildman–Crippen MR) is 46.9 cm³/mol. The smallest absolute Gasteiger partial charge is 0.0544 e. The van der Waals surface area contributed by atoms with Crippen molar-refractivity contribution in [2.75, 3.05) is 0 Å². The Hall–Kier alpha value is 0.174. The van der Waals surface area contributed by atoms with Crippen LogP contribution < -0.4 is 0 Å². The maximum absolute atomic E-state index is 2.44. The summed E-state index contributed by atoms with van der Waals surface area (Å²) in [5.74, 6) is 0. The zero-order valence-corrected chi connectivity index (χ0v) is 8.62. The van der Waals surface area contributed by atoms with Gasteiger partial charge in [-0.25, -0.2) is 0 Å². The molecule has 0 fully saturated rings. The molecule has 0 rings (SSSR count). The van der Waals surface area contributed by atoms with E-state index in [2.05, 4.69) is 37.6 Å². The zero-order chi connectivity index (χ0) is 6.57. The minimum absolute atomic E-state index is 0.372. The highest BCUT2D eigenvalue weighted by molar-refractivity contribution is 6.67. The molecule has 0 nitrogen and oxygen atoms in total. The maximum atomic E-state index is 2.44. The highest BCUT2D eigenvalue weighted by atomic mass is 28.3. The predicted octanol–water partition coefficient (Wildman–Crippen LogP) is 1.59. The number of hydrogen-bond donors (Lipinski definition) is 0. The summed E-state index contributed by atoms with van der Waals surface area (Å²) >= 11 is 0. The highest BCUT2D eigenvalue weighted by Gasteiger charge is 1.88. The Morgan fingerprint density at radius 3 is 1.12 bits per heavy atom. The van der Waals surface area contributed by atoms with E-state index >= 15 is 0 Å². The van der Waals surface area contributed by atoms with Gasteiger partial charge in [0.1, 0.15) is 0 Å². The number of rotatable bonds is 2. The molecule has 0 N–H and O–H groups in total. The lowest BCUT2D eigenvalue weighted by Gasteiger charge is -1.92. The van der Waals surface area contributed by atoms with Crippen molar-refractivity contribution >= 4 is 17.6 Å². The van der Waals surface area contributed by atoms with Crippen molar-refractivity contribution < 1.29 is 0 Å². The van der Waals surface area contributed by atoms with Gasteiger partial charge in [-0.15, -0.1) is 11.4 Å². The average molecular weight is 144 g/mol. The van der Waals surface area contributed by atoms with E-state index in [0.717, 1.165) is 0 Å². The van der Waals surface area contributed by atoms with Crippen molar-refractivity contribution in [1.29, 1.82) is 0 Å². The topological polar surface area (TPSA) is 0 Å². The molecule has 0 aliphatic heterocycles. The van der Waals surface area contributed by atoms with Gasteiger partial charge in [0.05, 0.1) is 17.6 Å². The van der Waals surface area contributed by atoms with Crippen LogP contribution in [0.3, 0.4) is 0 Å². The number of hydrogen-bond acceptors (Lipinski definition) is 0. The second-order valence-electron chi connectivity index (χ2n) is 2.87. The molecule has 0 radical (unpaired) electrons.